The van der Waals surface area contributed by atoms with Crippen molar-refractivity contribution in [3.05, 3.63) is 30.1 Å². The van der Waals surface area contributed by atoms with Crippen molar-refractivity contribution < 1.29 is 19.4 Å². The highest BCUT2D eigenvalue weighted by Crippen LogP contribution is 2.29. The van der Waals surface area contributed by atoms with Gasteiger partial charge in [0.1, 0.15) is 11.3 Å². The lowest BCUT2D eigenvalue weighted by atomic mass is 10.1. The Balaban J connectivity index is 1.45. The number of nitrogens with two attached hydrogens (primary N) is 1. The van der Waals surface area contributed by atoms with E-state index < -0.39 is 5.97 Å². The van der Waals surface area contributed by atoms with Crippen LogP contribution in [0.5, 0.6) is 0 Å². The van der Waals surface area contributed by atoms with Crippen LogP contribution < -0.4 is 5.73 Å². The molecular weight excluding hydrogens is 458 g/mol. The average Bonchev–Trinajstić information content (AvgIpc) is 3.23. The van der Waals surface area contributed by atoms with Crippen molar-refractivity contribution in [1.82, 2.24) is 19.4 Å². The van der Waals surface area contributed by atoms with Crippen LogP contribution in [-0.4, -0.2) is 77.1 Å². The molecule has 0 unspecified atom stereocenters. The Morgan fingerprint density at radius 2 is 1.78 bits per heavy atom. The molecular formula is C27H41N5O4. The highest BCUT2D eigenvalue weighted by atomic mass is 16.5. The van der Waals surface area contributed by atoms with Crippen molar-refractivity contribution in [2.75, 3.05) is 52.3 Å². The molecule has 0 saturated carbocycles. The van der Waals surface area contributed by atoms with Crippen LogP contribution in [0.3, 0.4) is 0 Å². The third-order valence-electron chi connectivity index (χ3n) is 6.28. The van der Waals surface area contributed by atoms with E-state index in [-0.39, 0.29) is 13.0 Å². The summed E-state index contributed by atoms with van der Waals surface area (Å²) in [4.78, 5) is 22.3. The standard InChI is InChI=1S/C27H41N5O4/c1-3-4-12-23-30-25-26(21-10-5-6-11-22(21)29-27(25)28)32(23)16-8-7-14-31(2)15-9-17-35-19-20-36-18-13-24(33)34/h5-6,10-11H,3-4,7-9,12-20H2,1-2H3,(H2,28,29)(H,33,34). The topological polar surface area (TPSA) is 116 Å². The van der Waals surface area contributed by atoms with Crippen molar-refractivity contribution in [2.24, 2.45) is 0 Å². The number of benzene rings is 1. The smallest absolute Gasteiger partial charge is 0.305 e. The largest absolute Gasteiger partial charge is 0.481 e. The maximum atomic E-state index is 10.4. The fraction of sp³-hybridized carbons (Fsp3) is 0.593. The molecule has 3 aromatic rings. The van der Waals surface area contributed by atoms with Crippen molar-refractivity contribution in [1.29, 1.82) is 0 Å². The van der Waals surface area contributed by atoms with E-state index in [1.54, 1.807) is 0 Å². The van der Waals surface area contributed by atoms with Gasteiger partial charge >= 0.3 is 5.97 Å². The van der Waals surface area contributed by atoms with Gasteiger partial charge in [0.05, 0.1) is 37.3 Å². The van der Waals surface area contributed by atoms with Crippen molar-refractivity contribution in [3.8, 4) is 0 Å². The minimum Gasteiger partial charge on any atom is -0.481 e. The van der Waals surface area contributed by atoms with Crippen LogP contribution in [0.15, 0.2) is 24.3 Å². The second-order valence-corrected chi connectivity index (χ2v) is 9.23. The summed E-state index contributed by atoms with van der Waals surface area (Å²) < 4.78 is 13.2. The average molecular weight is 500 g/mol. The first-order valence-corrected chi connectivity index (χ1v) is 13.1. The number of nitrogens with zero attached hydrogens (tertiary/aromatic N) is 4. The van der Waals surface area contributed by atoms with Crippen molar-refractivity contribution >= 4 is 33.7 Å². The lowest BCUT2D eigenvalue weighted by molar-refractivity contribution is -0.138. The van der Waals surface area contributed by atoms with Crippen LogP contribution in [0.4, 0.5) is 5.82 Å². The molecule has 2 aromatic heterocycles. The molecule has 0 spiro atoms. The van der Waals surface area contributed by atoms with E-state index in [9.17, 15) is 4.79 Å². The summed E-state index contributed by atoms with van der Waals surface area (Å²) in [5.41, 5.74) is 9.16. The van der Waals surface area contributed by atoms with E-state index >= 15 is 0 Å². The molecule has 0 saturated heterocycles. The Hall–Kier alpha value is -2.75. The maximum Gasteiger partial charge on any atom is 0.305 e. The van der Waals surface area contributed by atoms with Gasteiger partial charge in [-0.15, -0.1) is 0 Å². The molecule has 0 bridgehead atoms. The molecule has 0 aliphatic carbocycles. The lowest BCUT2D eigenvalue weighted by Crippen LogP contribution is -2.22. The number of carboxylic acids is 1. The number of para-hydroxylation sites is 1. The molecule has 1 aromatic carbocycles. The second-order valence-electron chi connectivity index (χ2n) is 9.23. The van der Waals surface area contributed by atoms with Gasteiger partial charge < -0.3 is 29.8 Å². The zero-order valence-electron chi connectivity index (χ0n) is 21.7. The van der Waals surface area contributed by atoms with E-state index in [0.717, 1.165) is 85.9 Å². The second kappa shape index (κ2) is 14.7. The summed E-state index contributed by atoms with van der Waals surface area (Å²) in [6, 6.07) is 8.17. The molecule has 9 nitrogen and oxygen atoms in total. The number of aliphatic carboxylic acids is 1. The molecule has 0 fully saturated rings. The SMILES string of the molecule is CCCCc1nc2c(N)nc3ccccc3c2n1CCCCN(C)CCCOCCOCCC(=O)O. The Morgan fingerprint density at radius 3 is 2.56 bits per heavy atom. The number of hydrogen-bond donors (Lipinski definition) is 2. The molecule has 0 atom stereocenters. The summed E-state index contributed by atoms with van der Waals surface area (Å²) in [7, 11) is 2.15. The lowest BCUT2D eigenvalue weighted by Gasteiger charge is -2.17. The maximum absolute atomic E-state index is 10.4. The van der Waals surface area contributed by atoms with Gasteiger partial charge in [0.2, 0.25) is 0 Å². The molecule has 2 heterocycles. The van der Waals surface area contributed by atoms with Crippen molar-refractivity contribution in [3.63, 3.8) is 0 Å². The van der Waals surface area contributed by atoms with Gasteiger partial charge in [-0.3, -0.25) is 4.79 Å². The number of anilines is 1. The van der Waals surface area contributed by atoms with Gasteiger partial charge in [0.15, 0.2) is 5.82 Å². The predicted molar refractivity (Wildman–Crippen MR) is 143 cm³/mol. The number of nitrogen functional groups attached to an aromatic ring is 1. The number of ether oxygens (including phenoxy) is 2. The third-order valence-corrected chi connectivity index (χ3v) is 6.28. The Morgan fingerprint density at radius 1 is 1.03 bits per heavy atom. The number of aromatic nitrogens is 3. The number of fused-ring (bicyclic) bond motifs is 3. The van der Waals surface area contributed by atoms with Crippen LogP contribution in [0.2, 0.25) is 0 Å². The van der Waals surface area contributed by atoms with Gasteiger partial charge in [-0.2, -0.15) is 0 Å². The van der Waals surface area contributed by atoms with Gasteiger partial charge in [0.25, 0.3) is 0 Å². The van der Waals surface area contributed by atoms with Crippen LogP contribution >= 0.6 is 0 Å². The van der Waals surface area contributed by atoms with E-state index in [1.165, 1.54) is 0 Å². The highest BCUT2D eigenvalue weighted by molar-refractivity contribution is 6.06. The van der Waals surface area contributed by atoms with E-state index in [4.69, 9.17) is 25.3 Å². The molecule has 36 heavy (non-hydrogen) atoms. The summed E-state index contributed by atoms with van der Waals surface area (Å²) in [5.74, 6) is 0.771. The molecule has 3 N–H and O–H groups in total. The first-order valence-electron chi connectivity index (χ1n) is 13.1. The minimum absolute atomic E-state index is 0.0315. The van der Waals surface area contributed by atoms with Gasteiger partial charge in [-0.25, -0.2) is 9.97 Å². The number of hydrogen-bond acceptors (Lipinski definition) is 7. The number of pyridine rings is 1. The number of aryl methyl sites for hydroxylation is 2. The zero-order valence-corrected chi connectivity index (χ0v) is 21.7. The molecule has 0 aliphatic heterocycles. The normalized spacial score (nSPS) is 11.8. The zero-order chi connectivity index (χ0) is 25.8. The molecule has 198 valence electrons. The summed E-state index contributed by atoms with van der Waals surface area (Å²) in [5, 5.41) is 9.68. The van der Waals surface area contributed by atoms with E-state index in [0.29, 0.717) is 25.6 Å². The molecule has 0 aliphatic rings. The highest BCUT2D eigenvalue weighted by Gasteiger charge is 2.16. The number of carbonyl (C=O) groups is 1. The number of unbranched alkanes of at least 4 members (excludes halogenated alkanes) is 2. The Labute approximate surface area is 213 Å². The van der Waals surface area contributed by atoms with Crippen LogP contribution in [0.25, 0.3) is 21.9 Å². The molecule has 3 rings (SSSR count). The van der Waals surface area contributed by atoms with Gasteiger partial charge in [0, 0.05) is 31.5 Å². The molecule has 0 amide bonds. The molecule has 0 radical (unpaired) electrons. The van der Waals surface area contributed by atoms with Crippen molar-refractivity contribution in [2.45, 2.75) is 58.4 Å². The number of carboxylic acid groups (broad SMARTS) is 1. The quantitative estimate of drug-likeness (QED) is 0.251. The Bertz CT molecular complexity index is 1100. The van der Waals surface area contributed by atoms with Crippen LogP contribution in [-0.2, 0) is 27.2 Å². The van der Waals surface area contributed by atoms with Crippen LogP contribution in [0.1, 0.15) is 51.3 Å². The molecule has 9 heteroatoms. The van der Waals surface area contributed by atoms with Crippen LogP contribution in [0, 0.1) is 0 Å². The third kappa shape index (κ3) is 8.15. The fourth-order valence-corrected chi connectivity index (χ4v) is 4.35. The summed E-state index contributed by atoms with van der Waals surface area (Å²) in [6.45, 7) is 6.97. The first kappa shape index (κ1) is 27.8. The first-order chi connectivity index (χ1) is 17.5. The van der Waals surface area contributed by atoms with Gasteiger partial charge in [-0.05, 0) is 45.3 Å². The minimum atomic E-state index is -0.843. The number of rotatable bonds is 18. The Kier molecular flexibility index (Phi) is 11.4. The number of imidazole rings is 1. The monoisotopic (exact) mass is 499 g/mol. The summed E-state index contributed by atoms with van der Waals surface area (Å²) >= 11 is 0. The fourth-order valence-electron chi connectivity index (χ4n) is 4.35. The summed E-state index contributed by atoms with van der Waals surface area (Å²) in [6.07, 6.45) is 6.33. The van der Waals surface area contributed by atoms with Gasteiger partial charge in [-0.1, -0.05) is 31.5 Å². The predicted octanol–water partition coefficient (Wildman–Crippen LogP) is 4.12. The van der Waals surface area contributed by atoms with E-state index in [2.05, 4.69) is 34.5 Å². The van der Waals surface area contributed by atoms with E-state index in [1.807, 2.05) is 18.2 Å².